The number of hydrogen-bond donors (Lipinski definition) is 2. The lowest BCUT2D eigenvalue weighted by Crippen LogP contribution is -1.80. The zero-order valence-corrected chi connectivity index (χ0v) is 4.33. The summed E-state index contributed by atoms with van der Waals surface area (Å²) < 4.78 is 0. The fourth-order valence-corrected chi connectivity index (χ4v) is 0.474. The minimum absolute atomic E-state index is 0. The van der Waals surface area contributed by atoms with Gasteiger partial charge in [0, 0.05) is 5.69 Å². The van der Waals surface area contributed by atoms with Gasteiger partial charge in [-0.25, -0.2) is 0 Å². The third-order valence-corrected chi connectivity index (χ3v) is 0.893. The predicted molar refractivity (Wildman–Crippen MR) is 39.3 cm³/mol. The summed E-state index contributed by atoms with van der Waals surface area (Å²) in [5.74, 6) is 0.249. The van der Waals surface area contributed by atoms with Gasteiger partial charge < -0.3 is 10.8 Å². The first-order valence-electron chi connectivity index (χ1n) is 2.33. The fraction of sp³-hybridized carbons (Fsp3) is 0.143. The lowest BCUT2D eigenvalue weighted by molar-refractivity contribution is 0.475. The number of aromatic hydroxyl groups is 1. The second-order valence-corrected chi connectivity index (χ2v) is 1.59. The largest absolute Gasteiger partial charge is 0.508 e. The molecule has 0 radical (unpaired) electrons. The van der Waals surface area contributed by atoms with Crippen LogP contribution in [0.4, 0.5) is 5.69 Å². The first kappa shape index (κ1) is 7.82. The molecule has 1 aromatic rings. The summed E-state index contributed by atoms with van der Waals surface area (Å²) >= 11 is 0. The minimum atomic E-state index is 0. The van der Waals surface area contributed by atoms with Gasteiger partial charge in [-0.05, 0) is 24.3 Å². The molecule has 0 aliphatic rings. The van der Waals surface area contributed by atoms with E-state index < -0.39 is 0 Å². The summed E-state index contributed by atoms with van der Waals surface area (Å²) in [7, 11) is 0. The highest BCUT2D eigenvalue weighted by atomic mass is 16.3. The van der Waals surface area contributed by atoms with Gasteiger partial charge in [0.15, 0.2) is 0 Å². The van der Waals surface area contributed by atoms with Crippen molar-refractivity contribution in [2.75, 3.05) is 5.73 Å². The molecule has 0 saturated carbocycles. The van der Waals surface area contributed by atoms with Crippen LogP contribution in [0.2, 0.25) is 0 Å². The molecule has 0 aliphatic carbocycles. The molecule has 0 heterocycles. The van der Waals surface area contributed by atoms with Crippen molar-refractivity contribution >= 4 is 5.69 Å². The number of phenolic OH excluding ortho intramolecular Hbond substituents is 1. The molecule has 0 unspecified atom stereocenters. The van der Waals surface area contributed by atoms with Crippen LogP contribution in [-0.2, 0) is 0 Å². The summed E-state index contributed by atoms with van der Waals surface area (Å²) in [5.41, 5.74) is 5.98. The van der Waals surface area contributed by atoms with E-state index in [0.717, 1.165) is 0 Å². The van der Waals surface area contributed by atoms with Gasteiger partial charge in [-0.1, -0.05) is 7.43 Å². The van der Waals surface area contributed by atoms with Gasteiger partial charge in [-0.15, -0.1) is 0 Å². The standard InChI is InChI=1S/C6H7NO.CH4/c7-5-1-3-6(8)4-2-5;/h1-4,8H,7H2;1H4. The van der Waals surface area contributed by atoms with Crippen molar-refractivity contribution in [1.82, 2.24) is 0 Å². The smallest absolute Gasteiger partial charge is 0.115 e. The highest BCUT2D eigenvalue weighted by Gasteiger charge is 1.82. The van der Waals surface area contributed by atoms with E-state index in [1.54, 1.807) is 24.3 Å². The zero-order valence-electron chi connectivity index (χ0n) is 4.33. The number of phenols is 1. The van der Waals surface area contributed by atoms with E-state index >= 15 is 0 Å². The molecule has 0 fully saturated rings. The number of hydrogen-bond acceptors (Lipinski definition) is 2. The number of rotatable bonds is 0. The van der Waals surface area contributed by atoms with Crippen LogP contribution in [0.5, 0.6) is 5.75 Å². The van der Waals surface area contributed by atoms with Gasteiger partial charge in [0.1, 0.15) is 5.75 Å². The Morgan fingerprint density at radius 3 is 1.89 bits per heavy atom. The Hall–Kier alpha value is -1.18. The Balaban J connectivity index is 0.000000640. The normalized spacial score (nSPS) is 8.00. The first-order chi connectivity index (χ1) is 3.79. The molecule has 2 heteroatoms. The highest BCUT2D eigenvalue weighted by molar-refractivity contribution is 5.40. The van der Waals surface area contributed by atoms with Crippen LogP contribution in [0, 0.1) is 0 Å². The number of nitrogen functional groups attached to an aromatic ring is 1. The quantitative estimate of drug-likeness (QED) is 0.408. The number of anilines is 1. The van der Waals surface area contributed by atoms with Gasteiger partial charge in [0.25, 0.3) is 0 Å². The summed E-state index contributed by atoms with van der Waals surface area (Å²) in [5, 5.41) is 8.70. The summed E-state index contributed by atoms with van der Waals surface area (Å²) in [4.78, 5) is 0. The maximum atomic E-state index is 8.70. The predicted octanol–water partition coefficient (Wildman–Crippen LogP) is 1.61. The minimum Gasteiger partial charge on any atom is -0.508 e. The zero-order chi connectivity index (χ0) is 5.98. The van der Waals surface area contributed by atoms with Gasteiger partial charge in [-0.3, -0.25) is 0 Å². The van der Waals surface area contributed by atoms with E-state index in [1.165, 1.54) is 0 Å². The van der Waals surface area contributed by atoms with E-state index in [9.17, 15) is 0 Å². The number of nitrogens with two attached hydrogens (primary N) is 1. The molecular formula is C7H11NO. The van der Waals surface area contributed by atoms with E-state index in [1.807, 2.05) is 0 Å². The maximum absolute atomic E-state index is 8.70. The van der Waals surface area contributed by atoms with Crippen LogP contribution in [-0.4, -0.2) is 5.11 Å². The van der Waals surface area contributed by atoms with Crippen LogP contribution in [0.15, 0.2) is 24.3 Å². The van der Waals surface area contributed by atoms with Crippen molar-refractivity contribution in [3.8, 4) is 5.75 Å². The van der Waals surface area contributed by atoms with E-state index in [4.69, 9.17) is 10.8 Å². The average molecular weight is 125 g/mol. The van der Waals surface area contributed by atoms with Crippen molar-refractivity contribution in [3.63, 3.8) is 0 Å². The molecule has 1 rings (SSSR count). The van der Waals surface area contributed by atoms with E-state index in [0.29, 0.717) is 5.69 Å². The Labute approximate surface area is 54.9 Å². The van der Waals surface area contributed by atoms with Crippen molar-refractivity contribution in [2.24, 2.45) is 0 Å². The third-order valence-electron chi connectivity index (χ3n) is 0.893. The molecule has 0 spiro atoms. The van der Waals surface area contributed by atoms with Gasteiger partial charge in [0.05, 0.1) is 0 Å². The van der Waals surface area contributed by atoms with Crippen LogP contribution in [0.25, 0.3) is 0 Å². The van der Waals surface area contributed by atoms with Crippen molar-refractivity contribution in [3.05, 3.63) is 24.3 Å². The molecule has 0 amide bonds. The lowest BCUT2D eigenvalue weighted by Gasteiger charge is -1.89. The van der Waals surface area contributed by atoms with Crippen LogP contribution < -0.4 is 5.73 Å². The molecule has 0 atom stereocenters. The molecular weight excluding hydrogens is 114 g/mol. The second-order valence-electron chi connectivity index (χ2n) is 1.59. The molecule has 50 valence electrons. The first-order valence-corrected chi connectivity index (χ1v) is 2.33. The summed E-state index contributed by atoms with van der Waals surface area (Å²) in [6.45, 7) is 0. The summed E-state index contributed by atoms with van der Waals surface area (Å²) in [6.07, 6.45) is 0. The Morgan fingerprint density at radius 2 is 1.56 bits per heavy atom. The summed E-state index contributed by atoms with van der Waals surface area (Å²) in [6, 6.07) is 6.40. The average Bonchev–Trinajstić information content (AvgIpc) is 1.77. The van der Waals surface area contributed by atoms with Gasteiger partial charge in [-0.2, -0.15) is 0 Å². The topological polar surface area (TPSA) is 46.2 Å². The molecule has 0 saturated heterocycles. The number of benzene rings is 1. The molecule has 9 heavy (non-hydrogen) atoms. The fourth-order valence-electron chi connectivity index (χ4n) is 0.474. The Morgan fingerprint density at radius 1 is 1.11 bits per heavy atom. The lowest BCUT2D eigenvalue weighted by atomic mass is 10.3. The monoisotopic (exact) mass is 125 g/mol. The van der Waals surface area contributed by atoms with Crippen LogP contribution in [0.1, 0.15) is 7.43 Å². The highest BCUT2D eigenvalue weighted by Crippen LogP contribution is 2.09. The molecule has 2 nitrogen and oxygen atoms in total. The molecule has 0 aliphatic heterocycles. The van der Waals surface area contributed by atoms with Crippen molar-refractivity contribution < 1.29 is 5.11 Å². The SMILES string of the molecule is C.Nc1ccc(O)cc1. The maximum Gasteiger partial charge on any atom is 0.115 e. The Kier molecular flexibility index (Phi) is 2.58. The third kappa shape index (κ3) is 2.04. The van der Waals surface area contributed by atoms with Gasteiger partial charge in [0.2, 0.25) is 0 Å². The molecule has 1 aromatic carbocycles. The molecule has 0 bridgehead atoms. The molecule has 0 aromatic heterocycles. The van der Waals surface area contributed by atoms with E-state index in [2.05, 4.69) is 0 Å². The van der Waals surface area contributed by atoms with Crippen molar-refractivity contribution in [1.29, 1.82) is 0 Å². The second kappa shape index (κ2) is 2.97. The molecule has 3 N–H and O–H groups in total. The van der Waals surface area contributed by atoms with Gasteiger partial charge >= 0.3 is 0 Å². The van der Waals surface area contributed by atoms with Crippen LogP contribution >= 0.6 is 0 Å². The van der Waals surface area contributed by atoms with E-state index in [-0.39, 0.29) is 13.2 Å². The van der Waals surface area contributed by atoms with Crippen LogP contribution in [0.3, 0.4) is 0 Å². The van der Waals surface area contributed by atoms with Crippen molar-refractivity contribution in [2.45, 2.75) is 7.43 Å². The Bertz CT molecular complexity index is 148.